The second-order valence-corrected chi connectivity index (χ2v) is 7.90. The third kappa shape index (κ3) is 6.19. The molecule has 3 aromatic carbocycles. The normalized spacial score (nSPS) is 10.9. The van der Waals surface area contributed by atoms with Crippen molar-refractivity contribution in [3.05, 3.63) is 96.1 Å². The molecule has 1 heterocycles. The molecule has 33 heavy (non-hydrogen) atoms. The first-order valence-corrected chi connectivity index (χ1v) is 11.4. The third-order valence-electron chi connectivity index (χ3n) is 5.53. The van der Waals surface area contributed by atoms with Gasteiger partial charge >= 0.3 is 0 Å². The number of ether oxygens (including phenoxy) is 1. The number of unbranched alkanes of at least 4 members (excludes halogenated alkanes) is 2. The third-order valence-corrected chi connectivity index (χ3v) is 5.53. The number of nitrogens with zero attached hydrogens (tertiary/aromatic N) is 2. The fourth-order valence-corrected chi connectivity index (χ4v) is 3.83. The SMILES string of the molecule is O=C(NCCCCCc1nc2ccccc2n1CCOc1ccccc1)c1ccc(F)cc1. The minimum absolute atomic E-state index is 0.171. The summed E-state index contributed by atoms with van der Waals surface area (Å²) in [5, 5.41) is 2.89. The van der Waals surface area contributed by atoms with Crippen LogP contribution in [0.5, 0.6) is 5.75 Å². The Labute approximate surface area is 193 Å². The summed E-state index contributed by atoms with van der Waals surface area (Å²) in [6, 6.07) is 23.6. The largest absolute Gasteiger partial charge is 0.492 e. The monoisotopic (exact) mass is 445 g/mol. The van der Waals surface area contributed by atoms with Gasteiger partial charge in [-0.1, -0.05) is 36.8 Å². The lowest BCUT2D eigenvalue weighted by molar-refractivity contribution is 0.0953. The topological polar surface area (TPSA) is 56.2 Å². The van der Waals surface area contributed by atoms with E-state index < -0.39 is 0 Å². The number of benzene rings is 3. The van der Waals surface area contributed by atoms with Crippen LogP contribution in [0.4, 0.5) is 4.39 Å². The molecular weight excluding hydrogens is 417 g/mol. The zero-order chi connectivity index (χ0) is 22.9. The summed E-state index contributed by atoms with van der Waals surface area (Å²) < 4.78 is 21.1. The quantitative estimate of drug-likeness (QED) is 0.315. The van der Waals surface area contributed by atoms with Crippen LogP contribution in [0, 0.1) is 5.82 Å². The number of nitrogens with one attached hydrogen (secondary N) is 1. The Balaban J connectivity index is 1.26. The van der Waals surface area contributed by atoms with Crippen molar-refractivity contribution in [3.63, 3.8) is 0 Å². The van der Waals surface area contributed by atoms with Crippen molar-refractivity contribution < 1.29 is 13.9 Å². The number of halogens is 1. The Hall–Kier alpha value is -3.67. The lowest BCUT2D eigenvalue weighted by Gasteiger charge is -2.11. The van der Waals surface area contributed by atoms with Gasteiger partial charge in [-0.25, -0.2) is 9.37 Å². The molecule has 0 radical (unpaired) electrons. The van der Waals surface area contributed by atoms with Gasteiger partial charge in [-0.3, -0.25) is 4.79 Å². The minimum atomic E-state index is -0.343. The number of carbonyl (C=O) groups is 1. The highest BCUT2D eigenvalue weighted by Gasteiger charge is 2.10. The molecule has 0 saturated carbocycles. The van der Waals surface area contributed by atoms with Crippen LogP contribution in [0.25, 0.3) is 11.0 Å². The van der Waals surface area contributed by atoms with Crippen molar-refractivity contribution in [2.75, 3.05) is 13.2 Å². The van der Waals surface area contributed by atoms with E-state index in [1.54, 1.807) is 0 Å². The number of aryl methyl sites for hydroxylation is 1. The molecule has 1 aromatic heterocycles. The average Bonchev–Trinajstić information content (AvgIpc) is 3.19. The predicted molar refractivity (Wildman–Crippen MR) is 128 cm³/mol. The zero-order valence-electron chi connectivity index (χ0n) is 18.5. The summed E-state index contributed by atoms with van der Waals surface area (Å²) in [6.07, 6.45) is 3.71. The first-order chi connectivity index (χ1) is 16.2. The highest BCUT2D eigenvalue weighted by atomic mass is 19.1. The van der Waals surface area contributed by atoms with Crippen molar-refractivity contribution in [2.45, 2.75) is 32.2 Å². The summed E-state index contributed by atoms with van der Waals surface area (Å²) in [7, 11) is 0. The Bertz CT molecular complexity index is 1170. The van der Waals surface area contributed by atoms with Gasteiger partial charge in [0, 0.05) is 18.5 Å². The van der Waals surface area contributed by atoms with Gasteiger partial charge < -0.3 is 14.6 Å². The maximum Gasteiger partial charge on any atom is 0.251 e. The molecule has 0 aliphatic carbocycles. The van der Waals surface area contributed by atoms with E-state index in [1.807, 2.05) is 48.5 Å². The molecule has 0 spiro atoms. The van der Waals surface area contributed by atoms with Gasteiger partial charge in [0.05, 0.1) is 17.6 Å². The van der Waals surface area contributed by atoms with Gasteiger partial charge in [-0.15, -0.1) is 0 Å². The molecule has 0 aliphatic heterocycles. The molecule has 1 amide bonds. The summed E-state index contributed by atoms with van der Waals surface area (Å²) in [5.74, 6) is 1.41. The summed E-state index contributed by atoms with van der Waals surface area (Å²) in [6.45, 7) is 1.91. The van der Waals surface area contributed by atoms with E-state index in [-0.39, 0.29) is 11.7 Å². The van der Waals surface area contributed by atoms with E-state index in [0.29, 0.717) is 18.7 Å². The van der Waals surface area contributed by atoms with Gasteiger partial charge in [0.1, 0.15) is 24.0 Å². The number of imidazole rings is 1. The maximum atomic E-state index is 13.0. The van der Waals surface area contributed by atoms with E-state index in [0.717, 1.165) is 54.8 Å². The number of rotatable bonds is 11. The van der Waals surface area contributed by atoms with E-state index in [4.69, 9.17) is 9.72 Å². The molecule has 4 aromatic rings. The van der Waals surface area contributed by atoms with Crippen LogP contribution in [-0.4, -0.2) is 28.6 Å². The van der Waals surface area contributed by atoms with Crippen molar-refractivity contribution in [1.29, 1.82) is 0 Å². The first-order valence-electron chi connectivity index (χ1n) is 11.4. The highest BCUT2D eigenvalue weighted by molar-refractivity contribution is 5.94. The van der Waals surface area contributed by atoms with E-state index >= 15 is 0 Å². The molecule has 4 rings (SSSR count). The minimum Gasteiger partial charge on any atom is -0.492 e. The smallest absolute Gasteiger partial charge is 0.251 e. The van der Waals surface area contributed by atoms with Gasteiger partial charge in [0.2, 0.25) is 0 Å². The predicted octanol–water partition coefficient (Wildman–Crippen LogP) is 5.40. The number of hydrogen-bond acceptors (Lipinski definition) is 3. The van der Waals surface area contributed by atoms with Crippen LogP contribution in [0.1, 0.15) is 35.4 Å². The molecule has 5 nitrogen and oxygen atoms in total. The summed E-state index contributed by atoms with van der Waals surface area (Å²) in [4.78, 5) is 16.9. The molecular formula is C27H28FN3O2. The molecule has 0 aliphatic rings. The number of para-hydroxylation sites is 3. The van der Waals surface area contributed by atoms with Crippen molar-refractivity contribution >= 4 is 16.9 Å². The van der Waals surface area contributed by atoms with E-state index in [2.05, 4.69) is 16.0 Å². The van der Waals surface area contributed by atoms with E-state index in [1.165, 1.54) is 24.3 Å². The second kappa shape index (κ2) is 11.3. The maximum absolute atomic E-state index is 13.0. The Morgan fingerprint density at radius 2 is 1.67 bits per heavy atom. The number of amides is 1. The molecule has 0 unspecified atom stereocenters. The van der Waals surface area contributed by atoms with Crippen molar-refractivity contribution in [3.8, 4) is 5.75 Å². The van der Waals surface area contributed by atoms with Crippen LogP contribution in [0.3, 0.4) is 0 Å². The van der Waals surface area contributed by atoms with Crippen LogP contribution >= 0.6 is 0 Å². The number of fused-ring (bicyclic) bond motifs is 1. The Kier molecular flexibility index (Phi) is 7.69. The number of carbonyl (C=O) groups excluding carboxylic acids is 1. The van der Waals surface area contributed by atoms with Gasteiger partial charge in [0.25, 0.3) is 5.91 Å². The fourth-order valence-electron chi connectivity index (χ4n) is 3.83. The van der Waals surface area contributed by atoms with Crippen LogP contribution in [-0.2, 0) is 13.0 Å². The number of hydrogen-bond donors (Lipinski definition) is 1. The van der Waals surface area contributed by atoms with Crippen LogP contribution in [0.2, 0.25) is 0 Å². The molecule has 1 N–H and O–H groups in total. The van der Waals surface area contributed by atoms with Gasteiger partial charge in [-0.2, -0.15) is 0 Å². The lowest BCUT2D eigenvalue weighted by atomic mass is 10.1. The molecule has 0 fully saturated rings. The van der Waals surface area contributed by atoms with Gasteiger partial charge in [-0.05, 0) is 61.4 Å². The summed E-state index contributed by atoms with van der Waals surface area (Å²) in [5.41, 5.74) is 2.59. The fraction of sp³-hybridized carbons (Fsp3) is 0.259. The van der Waals surface area contributed by atoms with Crippen molar-refractivity contribution in [2.24, 2.45) is 0 Å². The van der Waals surface area contributed by atoms with E-state index in [9.17, 15) is 9.18 Å². The highest BCUT2D eigenvalue weighted by Crippen LogP contribution is 2.18. The number of aromatic nitrogens is 2. The first kappa shape index (κ1) is 22.5. The second-order valence-electron chi connectivity index (χ2n) is 7.90. The zero-order valence-corrected chi connectivity index (χ0v) is 18.5. The summed E-state index contributed by atoms with van der Waals surface area (Å²) >= 11 is 0. The van der Waals surface area contributed by atoms with Gasteiger partial charge in [0.15, 0.2) is 0 Å². The molecule has 170 valence electrons. The average molecular weight is 446 g/mol. The Morgan fingerprint density at radius 3 is 2.48 bits per heavy atom. The van der Waals surface area contributed by atoms with Crippen LogP contribution < -0.4 is 10.1 Å². The van der Waals surface area contributed by atoms with Crippen LogP contribution in [0.15, 0.2) is 78.9 Å². The molecule has 0 saturated heterocycles. The lowest BCUT2D eigenvalue weighted by Crippen LogP contribution is -2.24. The molecule has 0 bridgehead atoms. The van der Waals surface area contributed by atoms with Crippen molar-refractivity contribution in [1.82, 2.24) is 14.9 Å². The molecule has 0 atom stereocenters. The Morgan fingerprint density at radius 1 is 0.909 bits per heavy atom. The standard InChI is InChI=1S/C27H28FN3O2/c28-22-16-14-21(15-17-22)27(32)29-18-8-2-5-13-26-30-24-11-6-7-12-25(24)31(26)19-20-33-23-9-3-1-4-10-23/h1,3-4,6-7,9-12,14-17H,2,5,8,13,18-20H2,(H,29,32). The molecule has 6 heteroatoms.